The molecule has 0 saturated carbocycles. The van der Waals surface area contributed by atoms with Gasteiger partial charge in [0.05, 0.1) is 18.2 Å². The van der Waals surface area contributed by atoms with Gasteiger partial charge < -0.3 is 25.4 Å². The van der Waals surface area contributed by atoms with Crippen LogP contribution < -0.4 is 15.8 Å². The van der Waals surface area contributed by atoms with Crippen molar-refractivity contribution in [3.63, 3.8) is 0 Å². The summed E-state index contributed by atoms with van der Waals surface area (Å²) >= 11 is 0. The molecular formula is C18H23N4O5P. The zero-order valence-corrected chi connectivity index (χ0v) is 16.6. The molecular weight excluding hydrogens is 383 g/mol. The number of nitrogens with two attached hydrogens (primary N) is 1. The van der Waals surface area contributed by atoms with Gasteiger partial charge in [0, 0.05) is 19.9 Å². The quantitative estimate of drug-likeness (QED) is 0.446. The fraction of sp³-hybridized carbons (Fsp3) is 0.389. The summed E-state index contributed by atoms with van der Waals surface area (Å²) in [6.45, 7) is 1.98. The maximum absolute atomic E-state index is 12.4. The molecule has 0 radical (unpaired) electrons. The van der Waals surface area contributed by atoms with Crippen LogP contribution in [0, 0.1) is 0 Å². The van der Waals surface area contributed by atoms with E-state index in [1.165, 1.54) is 6.66 Å². The molecule has 0 aliphatic carbocycles. The van der Waals surface area contributed by atoms with Crippen LogP contribution in [0.2, 0.25) is 0 Å². The molecule has 4 N–H and O–H groups in total. The Morgan fingerprint density at radius 2 is 1.89 bits per heavy atom. The minimum atomic E-state index is -3.13. The number of amides is 1. The highest BCUT2D eigenvalue weighted by Crippen LogP contribution is 2.40. The lowest BCUT2D eigenvalue weighted by Gasteiger charge is -2.11. The van der Waals surface area contributed by atoms with E-state index >= 15 is 0 Å². The first kappa shape index (κ1) is 20.3. The van der Waals surface area contributed by atoms with Gasteiger partial charge in [-0.2, -0.15) is 9.97 Å². The Kier molecular flexibility index (Phi) is 5.98. The Bertz CT molecular complexity index is 913. The standard InChI is InChI=1S/C18H23N4O5P/c1-26-7-8-27-18-21-14-13(17(23)20-15(14)16(19)22-18)9-11-3-5-12(6-4-11)10-28(2,24)25/h3-6,13H,7-10H2,1-2H3,(H,20,23)(H,24,25)(H2,19,21,22). The van der Waals surface area contributed by atoms with Gasteiger partial charge in [0.15, 0.2) is 5.82 Å². The Labute approximate surface area is 162 Å². The zero-order valence-electron chi connectivity index (χ0n) is 15.7. The minimum absolute atomic E-state index is 0.104. The molecule has 0 spiro atoms. The molecule has 1 aliphatic heterocycles. The largest absolute Gasteiger partial charge is 0.461 e. The summed E-state index contributed by atoms with van der Waals surface area (Å²) in [7, 11) is -1.57. The van der Waals surface area contributed by atoms with Crippen LogP contribution in [0.5, 0.6) is 6.01 Å². The highest BCUT2D eigenvalue weighted by atomic mass is 31.2. The van der Waals surface area contributed by atoms with E-state index in [9.17, 15) is 14.3 Å². The second-order valence-electron chi connectivity index (χ2n) is 6.76. The SMILES string of the molecule is COCCOc1nc(N)c2c(n1)C(Cc1ccc(CP(C)(=O)O)cc1)C(=O)N2. The zero-order chi connectivity index (χ0) is 20.3. The van der Waals surface area contributed by atoms with E-state index in [0.717, 1.165) is 11.1 Å². The van der Waals surface area contributed by atoms with Crippen molar-refractivity contribution >= 4 is 24.8 Å². The number of carbonyl (C=O) groups excluding carboxylic acids is 1. The molecule has 2 heterocycles. The Morgan fingerprint density at radius 3 is 2.54 bits per heavy atom. The van der Waals surface area contributed by atoms with Crippen LogP contribution in [0.3, 0.4) is 0 Å². The molecule has 1 aromatic heterocycles. The number of hydrogen-bond donors (Lipinski definition) is 3. The number of fused-ring (bicyclic) bond motifs is 1. The van der Waals surface area contributed by atoms with Gasteiger partial charge in [-0.05, 0) is 17.5 Å². The summed E-state index contributed by atoms with van der Waals surface area (Å²) in [6.07, 6.45) is 0.530. The predicted octanol–water partition coefficient (Wildman–Crippen LogP) is 1.76. The molecule has 0 saturated heterocycles. The third-order valence-corrected chi connectivity index (χ3v) is 5.25. The number of nitrogens with zero attached hydrogens (tertiary/aromatic N) is 2. The smallest absolute Gasteiger partial charge is 0.318 e. The number of carbonyl (C=O) groups is 1. The lowest BCUT2D eigenvalue weighted by atomic mass is 9.96. The molecule has 2 aromatic rings. The van der Waals surface area contributed by atoms with Crippen molar-refractivity contribution in [2.45, 2.75) is 18.5 Å². The van der Waals surface area contributed by atoms with Crippen LogP contribution in [-0.2, 0) is 26.7 Å². The number of hydrogen-bond acceptors (Lipinski definition) is 7. The normalized spacial score (nSPS) is 17.7. The third-order valence-electron chi connectivity index (χ3n) is 4.30. The predicted molar refractivity (Wildman–Crippen MR) is 105 cm³/mol. The van der Waals surface area contributed by atoms with E-state index in [1.807, 2.05) is 12.1 Å². The first-order chi connectivity index (χ1) is 13.3. The van der Waals surface area contributed by atoms with E-state index in [1.54, 1.807) is 19.2 Å². The summed E-state index contributed by atoms with van der Waals surface area (Å²) < 4.78 is 21.9. The Morgan fingerprint density at radius 1 is 1.21 bits per heavy atom. The maximum atomic E-state index is 12.4. The topological polar surface area (TPSA) is 137 Å². The van der Waals surface area contributed by atoms with Crippen LogP contribution in [0.1, 0.15) is 22.7 Å². The molecule has 0 bridgehead atoms. The number of ether oxygens (including phenoxy) is 2. The average molecular weight is 406 g/mol. The van der Waals surface area contributed by atoms with Crippen molar-refractivity contribution in [2.75, 3.05) is 38.0 Å². The minimum Gasteiger partial charge on any atom is -0.461 e. The van der Waals surface area contributed by atoms with E-state index in [0.29, 0.717) is 24.4 Å². The van der Waals surface area contributed by atoms with Crippen LogP contribution >= 0.6 is 7.37 Å². The number of nitrogen functional groups attached to an aromatic ring is 1. The number of anilines is 2. The molecule has 2 atom stereocenters. The summed E-state index contributed by atoms with van der Waals surface area (Å²) in [4.78, 5) is 30.4. The van der Waals surface area contributed by atoms with Crippen molar-refractivity contribution in [3.05, 3.63) is 41.1 Å². The fourth-order valence-electron chi connectivity index (χ4n) is 3.01. The number of rotatable bonds is 8. The van der Waals surface area contributed by atoms with Gasteiger partial charge in [0.2, 0.25) is 13.3 Å². The summed E-state index contributed by atoms with van der Waals surface area (Å²) in [5, 5.41) is 2.73. The molecule has 9 nitrogen and oxygen atoms in total. The fourth-order valence-corrected chi connectivity index (χ4v) is 3.90. The molecule has 2 unspecified atom stereocenters. The van der Waals surface area contributed by atoms with E-state index in [-0.39, 0.29) is 30.5 Å². The monoisotopic (exact) mass is 406 g/mol. The average Bonchev–Trinajstić information content (AvgIpc) is 2.92. The van der Waals surface area contributed by atoms with Crippen molar-refractivity contribution in [2.24, 2.45) is 0 Å². The Hall–Kier alpha value is -2.48. The Balaban J connectivity index is 1.78. The van der Waals surface area contributed by atoms with Gasteiger partial charge in [-0.25, -0.2) is 0 Å². The number of methoxy groups -OCH3 is 1. The van der Waals surface area contributed by atoms with E-state index in [2.05, 4.69) is 15.3 Å². The van der Waals surface area contributed by atoms with E-state index in [4.69, 9.17) is 15.2 Å². The second kappa shape index (κ2) is 8.26. The van der Waals surface area contributed by atoms with E-state index < -0.39 is 13.3 Å². The first-order valence-corrected chi connectivity index (χ1v) is 11.0. The van der Waals surface area contributed by atoms with Crippen LogP contribution in [0.25, 0.3) is 0 Å². The summed E-state index contributed by atoms with van der Waals surface area (Å²) in [5.74, 6) is -0.571. The molecule has 1 aliphatic rings. The lowest BCUT2D eigenvalue weighted by Crippen LogP contribution is -2.15. The molecule has 0 fully saturated rings. The molecule has 3 rings (SSSR count). The van der Waals surface area contributed by atoms with Crippen molar-refractivity contribution in [1.29, 1.82) is 0 Å². The molecule has 1 aromatic carbocycles. The molecule has 1 amide bonds. The van der Waals surface area contributed by atoms with Crippen LogP contribution in [-0.4, -0.2) is 47.8 Å². The summed E-state index contributed by atoms with van der Waals surface area (Å²) in [6, 6.07) is 7.38. The third kappa shape index (κ3) is 4.86. The molecule has 10 heteroatoms. The van der Waals surface area contributed by atoms with Gasteiger partial charge in [0.25, 0.3) is 0 Å². The van der Waals surface area contributed by atoms with Gasteiger partial charge in [-0.1, -0.05) is 24.3 Å². The van der Waals surface area contributed by atoms with Gasteiger partial charge in [-0.15, -0.1) is 0 Å². The van der Waals surface area contributed by atoms with Crippen molar-refractivity contribution in [3.8, 4) is 6.01 Å². The second-order valence-corrected chi connectivity index (χ2v) is 9.18. The highest BCUT2D eigenvalue weighted by molar-refractivity contribution is 7.56. The first-order valence-electron chi connectivity index (χ1n) is 8.74. The lowest BCUT2D eigenvalue weighted by molar-refractivity contribution is -0.117. The number of nitrogens with one attached hydrogen (secondary N) is 1. The van der Waals surface area contributed by atoms with Crippen molar-refractivity contribution in [1.82, 2.24) is 9.97 Å². The molecule has 150 valence electrons. The van der Waals surface area contributed by atoms with Crippen LogP contribution in [0.15, 0.2) is 24.3 Å². The summed E-state index contributed by atoms with van der Waals surface area (Å²) in [5.41, 5.74) is 8.54. The van der Waals surface area contributed by atoms with Gasteiger partial charge >= 0.3 is 6.01 Å². The number of benzene rings is 1. The van der Waals surface area contributed by atoms with Crippen molar-refractivity contribution < 1.29 is 23.7 Å². The highest BCUT2D eigenvalue weighted by Gasteiger charge is 2.35. The van der Waals surface area contributed by atoms with Gasteiger partial charge in [0.1, 0.15) is 12.3 Å². The maximum Gasteiger partial charge on any atom is 0.318 e. The van der Waals surface area contributed by atoms with Gasteiger partial charge in [-0.3, -0.25) is 9.36 Å². The number of aromatic nitrogens is 2. The molecule has 28 heavy (non-hydrogen) atoms. The van der Waals surface area contributed by atoms with Crippen LogP contribution in [0.4, 0.5) is 11.5 Å².